The van der Waals surface area contributed by atoms with Gasteiger partial charge in [0, 0.05) is 18.7 Å². The highest BCUT2D eigenvalue weighted by Crippen LogP contribution is 2.25. The van der Waals surface area contributed by atoms with E-state index in [0.717, 1.165) is 12.8 Å². The molecule has 1 aromatic carbocycles. The highest BCUT2D eigenvalue weighted by molar-refractivity contribution is 6.22. The van der Waals surface area contributed by atoms with E-state index in [-0.39, 0.29) is 42.6 Å². The van der Waals surface area contributed by atoms with Crippen LogP contribution in [0.1, 0.15) is 50.8 Å². The summed E-state index contributed by atoms with van der Waals surface area (Å²) in [5, 5.41) is 9.05. The molecule has 1 unspecified atom stereocenters. The first kappa shape index (κ1) is 18.1. The Morgan fingerprint density at radius 2 is 1.96 bits per heavy atom. The smallest absolute Gasteiger partial charge is 0.334 e. The molecule has 0 radical (unpaired) electrons. The lowest BCUT2D eigenvalue weighted by atomic mass is 10.0. The highest BCUT2D eigenvalue weighted by Gasteiger charge is 2.36. The Kier molecular flexibility index (Phi) is 5.03. The molecule has 26 heavy (non-hydrogen) atoms. The van der Waals surface area contributed by atoms with Crippen LogP contribution in [0.3, 0.4) is 0 Å². The molecule has 1 aromatic rings. The Balaban J connectivity index is 1.81. The Bertz CT molecular complexity index is 775. The average molecular weight is 360 g/mol. The lowest BCUT2D eigenvalue weighted by Crippen LogP contribution is -2.48. The van der Waals surface area contributed by atoms with Crippen molar-refractivity contribution in [3.05, 3.63) is 34.9 Å². The number of carboxylic acid groups (broad SMARTS) is 1. The lowest BCUT2D eigenvalue weighted by Gasteiger charge is -2.31. The average Bonchev–Trinajstić information content (AvgIpc) is 2.89. The molecule has 8 nitrogen and oxygen atoms in total. The van der Waals surface area contributed by atoms with Gasteiger partial charge in [-0.05, 0) is 24.6 Å². The second kappa shape index (κ2) is 7.25. The second-order valence-electron chi connectivity index (χ2n) is 6.32. The molecule has 1 N–H and O–H groups in total. The number of ether oxygens (including phenoxy) is 1. The molecule has 1 atom stereocenters. The molecular weight excluding hydrogens is 340 g/mol. The normalized spacial score (nSPS) is 19.7. The maximum absolute atomic E-state index is 12.7. The molecule has 8 heteroatoms. The molecule has 0 spiro atoms. The second-order valence-corrected chi connectivity index (χ2v) is 6.32. The van der Waals surface area contributed by atoms with Crippen LogP contribution in [0.2, 0.25) is 0 Å². The fourth-order valence-electron chi connectivity index (χ4n) is 3.11. The van der Waals surface area contributed by atoms with Crippen molar-refractivity contribution in [2.24, 2.45) is 0 Å². The number of amides is 3. The lowest BCUT2D eigenvalue weighted by molar-refractivity contribution is -0.154. The number of morpholine rings is 1. The fraction of sp³-hybridized carbons (Fsp3) is 0.444. The molecule has 3 amide bonds. The molecule has 2 aliphatic rings. The summed E-state index contributed by atoms with van der Waals surface area (Å²) in [5.74, 6) is -2.23. The zero-order valence-electron chi connectivity index (χ0n) is 14.4. The van der Waals surface area contributed by atoms with Gasteiger partial charge >= 0.3 is 5.97 Å². The quantitative estimate of drug-likeness (QED) is 0.786. The summed E-state index contributed by atoms with van der Waals surface area (Å²) in [6, 6.07) is 4.42. The Morgan fingerprint density at radius 1 is 1.23 bits per heavy atom. The predicted molar refractivity (Wildman–Crippen MR) is 90.0 cm³/mol. The maximum Gasteiger partial charge on any atom is 0.334 e. The maximum atomic E-state index is 12.7. The third kappa shape index (κ3) is 3.20. The number of hydrogen-bond acceptors (Lipinski definition) is 5. The molecule has 138 valence electrons. The van der Waals surface area contributed by atoms with Crippen LogP contribution < -0.4 is 0 Å². The minimum absolute atomic E-state index is 0.0548. The zero-order valence-corrected chi connectivity index (χ0v) is 14.4. The summed E-state index contributed by atoms with van der Waals surface area (Å²) < 4.78 is 5.11. The van der Waals surface area contributed by atoms with Gasteiger partial charge in [0.05, 0.1) is 24.3 Å². The fourth-order valence-corrected chi connectivity index (χ4v) is 3.11. The molecule has 1 fully saturated rings. The summed E-state index contributed by atoms with van der Waals surface area (Å²) >= 11 is 0. The summed E-state index contributed by atoms with van der Waals surface area (Å²) in [6.07, 6.45) is 0.524. The van der Waals surface area contributed by atoms with Gasteiger partial charge in [-0.3, -0.25) is 19.3 Å². The highest BCUT2D eigenvalue weighted by atomic mass is 16.5. The topological polar surface area (TPSA) is 104 Å². The first-order valence-corrected chi connectivity index (χ1v) is 8.58. The van der Waals surface area contributed by atoms with Crippen molar-refractivity contribution in [1.29, 1.82) is 0 Å². The zero-order chi connectivity index (χ0) is 18.8. The third-order valence-electron chi connectivity index (χ3n) is 4.58. The largest absolute Gasteiger partial charge is 0.479 e. The molecule has 2 aliphatic heterocycles. The van der Waals surface area contributed by atoms with E-state index in [0.29, 0.717) is 12.1 Å². The van der Waals surface area contributed by atoms with Crippen LogP contribution in [0.5, 0.6) is 0 Å². The molecular formula is C18H20N2O6. The van der Waals surface area contributed by atoms with Crippen molar-refractivity contribution in [1.82, 2.24) is 9.80 Å². The number of carbonyl (C=O) groups is 4. The number of hydrogen-bond donors (Lipinski definition) is 1. The number of fused-ring (bicyclic) bond motifs is 1. The van der Waals surface area contributed by atoms with Gasteiger partial charge in [-0.2, -0.15) is 0 Å². The van der Waals surface area contributed by atoms with Crippen molar-refractivity contribution >= 4 is 23.7 Å². The number of imide groups is 1. The van der Waals surface area contributed by atoms with Gasteiger partial charge in [0.15, 0.2) is 6.10 Å². The van der Waals surface area contributed by atoms with Gasteiger partial charge in [-0.1, -0.05) is 13.3 Å². The van der Waals surface area contributed by atoms with E-state index in [1.807, 2.05) is 6.92 Å². The number of rotatable bonds is 5. The number of unbranched alkanes of at least 4 members (excludes halogenated alkanes) is 1. The first-order valence-electron chi connectivity index (χ1n) is 8.58. The summed E-state index contributed by atoms with van der Waals surface area (Å²) in [7, 11) is 0. The Labute approximate surface area is 150 Å². The van der Waals surface area contributed by atoms with E-state index in [1.54, 1.807) is 0 Å². The van der Waals surface area contributed by atoms with E-state index >= 15 is 0 Å². The van der Waals surface area contributed by atoms with Crippen LogP contribution in [0.25, 0.3) is 0 Å². The van der Waals surface area contributed by atoms with E-state index in [1.165, 1.54) is 28.0 Å². The molecule has 2 heterocycles. The van der Waals surface area contributed by atoms with Gasteiger partial charge in [0.25, 0.3) is 17.7 Å². The van der Waals surface area contributed by atoms with Gasteiger partial charge < -0.3 is 14.7 Å². The van der Waals surface area contributed by atoms with E-state index < -0.39 is 18.0 Å². The number of carboxylic acids is 1. The minimum Gasteiger partial charge on any atom is -0.479 e. The number of aliphatic carboxylic acids is 1. The molecule has 0 aromatic heterocycles. The standard InChI is InChI=1S/C18H20N2O6/c1-2-3-6-20-16(22)12-5-4-11(9-13(12)17(20)23)15(21)19-7-8-26-14(10-19)18(24)25/h4-5,9,14H,2-3,6-8,10H2,1H3,(H,24,25). The number of carbonyl (C=O) groups excluding carboxylic acids is 3. The van der Waals surface area contributed by atoms with Crippen molar-refractivity contribution in [2.75, 3.05) is 26.2 Å². The van der Waals surface area contributed by atoms with Crippen LogP contribution in [-0.2, 0) is 9.53 Å². The van der Waals surface area contributed by atoms with Crippen LogP contribution in [-0.4, -0.2) is 70.9 Å². The summed E-state index contributed by atoms with van der Waals surface area (Å²) in [5.41, 5.74) is 0.779. The van der Waals surface area contributed by atoms with Gasteiger partial charge in [0.2, 0.25) is 0 Å². The Morgan fingerprint density at radius 3 is 2.65 bits per heavy atom. The van der Waals surface area contributed by atoms with Crippen LogP contribution >= 0.6 is 0 Å². The Hall–Kier alpha value is -2.74. The molecule has 0 saturated carbocycles. The van der Waals surface area contributed by atoms with E-state index in [2.05, 4.69) is 0 Å². The summed E-state index contributed by atoms with van der Waals surface area (Å²) in [4.78, 5) is 51.2. The van der Waals surface area contributed by atoms with Gasteiger partial charge in [0.1, 0.15) is 0 Å². The van der Waals surface area contributed by atoms with Crippen LogP contribution in [0.15, 0.2) is 18.2 Å². The van der Waals surface area contributed by atoms with Crippen molar-refractivity contribution < 1.29 is 29.0 Å². The predicted octanol–water partition coefficient (Wildman–Crippen LogP) is 1.01. The van der Waals surface area contributed by atoms with Gasteiger partial charge in [-0.25, -0.2) is 4.79 Å². The number of nitrogens with zero attached hydrogens (tertiary/aromatic N) is 2. The SMILES string of the molecule is CCCCN1C(=O)c2ccc(C(=O)N3CCOC(C(=O)O)C3)cc2C1=O. The summed E-state index contributed by atoms with van der Waals surface area (Å²) in [6.45, 7) is 2.68. The molecule has 0 bridgehead atoms. The van der Waals surface area contributed by atoms with Crippen molar-refractivity contribution in [3.8, 4) is 0 Å². The van der Waals surface area contributed by atoms with Crippen molar-refractivity contribution in [3.63, 3.8) is 0 Å². The van der Waals surface area contributed by atoms with E-state index in [9.17, 15) is 19.2 Å². The van der Waals surface area contributed by atoms with Crippen LogP contribution in [0.4, 0.5) is 0 Å². The van der Waals surface area contributed by atoms with Crippen LogP contribution in [0, 0.1) is 0 Å². The first-order chi connectivity index (χ1) is 12.4. The van der Waals surface area contributed by atoms with E-state index in [4.69, 9.17) is 9.84 Å². The molecule has 0 aliphatic carbocycles. The van der Waals surface area contributed by atoms with Gasteiger partial charge in [-0.15, -0.1) is 0 Å². The minimum atomic E-state index is -1.12. The molecule has 3 rings (SSSR count). The number of benzene rings is 1. The molecule has 1 saturated heterocycles. The monoisotopic (exact) mass is 360 g/mol. The third-order valence-corrected chi connectivity index (χ3v) is 4.58. The van der Waals surface area contributed by atoms with Crippen molar-refractivity contribution in [2.45, 2.75) is 25.9 Å².